The number of carbonyl (C=O) groups is 1. The molecule has 0 bridgehead atoms. The zero-order chi connectivity index (χ0) is 19.3. The summed E-state index contributed by atoms with van der Waals surface area (Å²) in [5.41, 5.74) is 4.01. The number of aryl methyl sites for hydroxylation is 1. The van der Waals surface area contributed by atoms with Gasteiger partial charge in [0, 0.05) is 24.6 Å². The number of rotatable bonds is 5. The number of ether oxygens (including phenoxy) is 1. The molecule has 0 saturated carbocycles. The molecule has 7 heteroatoms. The normalized spacial score (nSPS) is 10.6. The number of para-hydroxylation sites is 1. The molecule has 0 unspecified atom stereocenters. The molecule has 2 N–H and O–H groups in total. The molecule has 2 aromatic carbocycles. The van der Waals surface area contributed by atoms with Crippen molar-refractivity contribution in [2.75, 3.05) is 10.6 Å². The Bertz CT molecular complexity index is 1110. The summed E-state index contributed by atoms with van der Waals surface area (Å²) in [6.45, 7) is 0.327. The van der Waals surface area contributed by atoms with Crippen LogP contribution in [-0.2, 0) is 13.7 Å². The molecule has 2 amide bonds. The van der Waals surface area contributed by atoms with Gasteiger partial charge in [-0.1, -0.05) is 30.3 Å². The van der Waals surface area contributed by atoms with Crippen LogP contribution in [-0.4, -0.2) is 20.6 Å². The van der Waals surface area contributed by atoms with E-state index in [9.17, 15) is 4.79 Å². The second-order valence-electron chi connectivity index (χ2n) is 6.27. The highest BCUT2D eigenvalue weighted by Gasteiger charge is 2.09. The highest BCUT2D eigenvalue weighted by molar-refractivity contribution is 5.99. The molecule has 140 valence electrons. The van der Waals surface area contributed by atoms with Gasteiger partial charge in [-0.3, -0.25) is 0 Å². The molecular formula is C21H19N5O2. The number of aromatic nitrogens is 3. The van der Waals surface area contributed by atoms with Gasteiger partial charge in [0.1, 0.15) is 18.5 Å². The predicted molar refractivity (Wildman–Crippen MR) is 108 cm³/mol. The molecule has 4 aromatic rings. The quantitative estimate of drug-likeness (QED) is 0.550. The number of urea groups is 1. The number of carbonyl (C=O) groups excluding carboxylic acids is 1. The average Bonchev–Trinajstić information content (AvgIpc) is 3.09. The summed E-state index contributed by atoms with van der Waals surface area (Å²) in [5, 5.41) is 5.62. The SMILES string of the molecule is Cn1ccc2ncnc(OCc3cccc(NC(=O)Nc4ccccc4)c3)c21. The first-order chi connectivity index (χ1) is 13.7. The van der Waals surface area contributed by atoms with Crippen molar-refractivity contribution in [2.45, 2.75) is 6.61 Å². The van der Waals surface area contributed by atoms with Crippen LogP contribution in [0.3, 0.4) is 0 Å². The molecule has 0 atom stereocenters. The number of hydrogen-bond acceptors (Lipinski definition) is 4. The van der Waals surface area contributed by atoms with E-state index in [1.807, 2.05) is 78.5 Å². The highest BCUT2D eigenvalue weighted by atomic mass is 16.5. The molecule has 2 heterocycles. The van der Waals surface area contributed by atoms with E-state index in [2.05, 4.69) is 20.6 Å². The Labute approximate surface area is 162 Å². The van der Waals surface area contributed by atoms with Gasteiger partial charge in [0.05, 0.1) is 5.52 Å². The Morgan fingerprint density at radius 3 is 2.64 bits per heavy atom. The van der Waals surface area contributed by atoms with Crippen LogP contribution in [0, 0.1) is 0 Å². The first-order valence-electron chi connectivity index (χ1n) is 8.80. The molecular weight excluding hydrogens is 354 g/mol. The molecule has 0 spiro atoms. The van der Waals surface area contributed by atoms with E-state index in [4.69, 9.17) is 4.74 Å². The molecule has 0 aliphatic heterocycles. The molecule has 0 saturated heterocycles. The molecule has 2 aromatic heterocycles. The molecule has 0 fully saturated rings. The largest absolute Gasteiger partial charge is 0.471 e. The van der Waals surface area contributed by atoms with Crippen LogP contribution in [0.25, 0.3) is 11.0 Å². The minimum Gasteiger partial charge on any atom is -0.471 e. The van der Waals surface area contributed by atoms with Crippen LogP contribution in [0.5, 0.6) is 5.88 Å². The predicted octanol–water partition coefficient (Wildman–Crippen LogP) is 4.19. The highest BCUT2D eigenvalue weighted by Crippen LogP contribution is 2.22. The number of nitrogens with zero attached hydrogens (tertiary/aromatic N) is 3. The number of benzene rings is 2. The van der Waals surface area contributed by atoms with E-state index in [1.165, 1.54) is 6.33 Å². The number of nitrogens with one attached hydrogen (secondary N) is 2. The lowest BCUT2D eigenvalue weighted by molar-refractivity contribution is 0.262. The Hall–Kier alpha value is -3.87. The van der Waals surface area contributed by atoms with Crippen LogP contribution in [0.2, 0.25) is 0 Å². The van der Waals surface area contributed by atoms with E-state index in [-0.39, 0.29) is 6.03 Å². The fourth-order valence-corrected chi connectivity index (χ4v) is 2.90. The van der Waals surface area contributed by atoms with Gasteiger partial charge in [0.25, 0.3) is 0 Å². The van der Waals surface area contributed by atoms with Gasteiger partial charge in [-0.2, -0.15) is 4.98 Å². The van der Waals surface area contributed by atoms with E-state index in [1.54, 1.807) is 0 Å². The molecule has 0 aliphatic carbocycles. The third-order valence-corrected chi connectivity index (χ3v) is 4.22. The molecule has 7 nitrogen and oxygen atoms in total. The van der Waals surface area contributed by atoms with Crippen molar-refractivity contribution < 1.29 is 9.53 Å². The first-order valence-corrected chi connectivity index (χ1v) is 8.80. The van der Waals surface area contributed by atoms with Gasteiger partial charge in [-0.15, -0.1) is 0 Å². The van der Waals surface area contributed by atoms with E-state index < -0.39 is 0 Å². The first kappa shape index (κ1) is 17.5. The van der Waals surface area contributed by atoms with Crippen LogP contribution in [0.1, 0.15) is 5.56 Å². The summed E-state index contributed by atoms with van der Waals surface area (Å²) in [5.74, 6) is 0.526. The molecule has 4 rings (SSSR count). The fraction of sp³-hybridized carbons (Fsp3) is 0.0952. The number of fused-ring (bicyclic) bond motifs is 1. The minimum atomic E-state index is -0.300. The lowest BCUT2D eigenvalue weighted by Gasteiger charge is -2.10. The third kappa shape index (κ3) is 3.93. The fourth-order valence-electron chi connectivity index (χ4n) is 2.90. The Balaban J connectivity index is 1.42. The maximum absolute atomic E-state index is 12.2. The summed E-state index contributed by atoms with van der Waals surface area (Å²) in [6, 6.07) is 18.4. The van der Waals surface area contributed by atoms with E-state index in [0.29, 0.717) is 18.2 Å². The standard InChI is InChI=1S/C21H19N5O2/c1-26-11-10-18-19(26)20(23-14-22-18)28-13-15-6-5-9-17(12-15)25-21(27)24-16-7-3-2-4-8-16/h2-12,14H,13H2,1H3,(H2,24,25,27). The van der Waals surface area contributed by atoms with Crippen molar-refractivity contribution in [1.29, 1.82) is 0 Å². The zero-order valence-electron chi connectivity index (χ0n) is 15.3. The summed E-state index contributed by atoms with van der Waals surface area (Å²) in [7, 11) is 1.93. The monoisotopic (exact) mass is 373 g/mol. The van der Waals surface area contributed by atoms with Crippen LogP contribution < -0.4 is 15.4 Å². The van der Waals surface area contributed by atoms with Crippen molar-refractivity contribution in [1.82, 2.24) is 14.5 Å². The second-order valence-corrected chi connectivity index (χ2v) is 6.27. The number of amides is 2. The number of hydrogen-bond donors (Lipinski definition) is 2. The Morgan fingerprint density at radius 1 is 1.00 bits per heavy atom. The summed E-state index contributed by atoms with van der Waals surface area (Å²) >= 11 is 0. The topological polar surface area (TPSA) is 81.1 Å². The maximum atomic E-state index is 12.2. The van der Waals surface area contributed by atoms with Gasteiger partial charge in [0.15, 0.2) is 0 Å². The van der Waals surface area contributed by atoms with Crippen molar-refractivity contribution >= 4 is 28.4 Å². The lowest BCUT2D eigenvalue weighted by atomic mass is 10.2. The van der Waals surface area contributed by atoms with Gasteiger partial charge in [-0.05, 0) is 35.9 Å². The second kappa shape index (κ2) is 7.79. The molecule has 0 radical (unpaired) electrons. The number of anilines is 2. The van der Waals surface area contributed by atoms with E-state index in [0.717, 1.165) is 22.3 Å². The van der Waals surface area contributed by atoms with E-state index >= 15 is 0 Å². The zero-order valence-corrected chi connectivity index (χ0v) is 15.3. The molecule has 28 heavy (non-hydrogen) atoms. The van der Waals surface area contributed by atoms with Crippen molar-refractivity contribution in [2.24, 2.45) is 7.05 Å². The van der Waals surface area contributed by atoms with Crippen molar-refractivity contribution in [3.8, 4) is 5.88 Å². The van der Waals surface area contributed by atoms with Crippen molar-refractivity contribution in [3.63, 3.8) is 0 Å². The van der Waals surface area contributed by atoms with Crippen LogP contribution >= 0.6 is 0 Å². The Morgan fingerprint density at radius 2 is 1.79 bits per heavy atom. The van der Waals surface area contributed by atoms with Crippen LogP contribution in [0.4, 0.5) is 16.2 Å². The average molecular weight is 373 g/mol. The van der Waals surface area contributed by atoms with Crippen molar-refractivity contribution in [3.05, 3.63) is 78.8 Å². The summed E-state index contributed by atoms with van der Waals surface area (Å²) in [6.07, 6.45) is 3.41. The Kier molecular flexibility index (Phi) is 4.88. The summed E-state index contributed by atoms with van der Waals surface area (Å²) in [4.78, 5) is 20.6. The maximum Gasteiger partial charge on any atom is 0.323 e. The van der Waals surface area contributed by atoms with Gasteiger partial charge < -0.3 is 19.9 Å². The lowest BCUT2D eigenvalue weighted by Crippen LogP contribution is -2.19. The summed E-state index contributed by atoms with van der Waals surface area (Å²) < 4.78 is 7.83. The van der Waals surface area contributed by atoms with Gasteiger partial charge in [0.2, 0.25) is 5.88 Å². The van der Waals surface area contributed by atoms with Gasteiger partial charge in [-0.25, -0.2) is 9.78 Å². The molecule has 0 aliphatic rings. The minimum absolute atomic E-state index is 0.300. The van der Waals surface area contributed by atoms with Gasteiger partial charge >= 0.3 is 6.03 Å². The third-order valence-electron chi connectivity index (χ3n) is 4.22. The van der Waals surface area contributed by atoms with Crippen LogP contribution in [0.15, 0.2) is 73.2 Å². The smallest absolute Gasteiger partial charge is 0.323 e.